The largest absolute Gasteiger partial charge is 0.385 e. The minimum atomic E-state index is -0.654. The number of thiophene rings is 1. The van der Waals surface area contributed by atoms with Crippen molar-refractivity contribution in [1.29, 1.82) is 0 Å². The fourth-order valence-corrected chi connectivity index (χ4v) is 4.33. The van der Waals surface area contributed by atoms with Crippen LogP contribution >= 0.6 is 27.3 Å². The fourth-order valence-electron chi connectivity index (χ4n) is 2.53. The van der Waals surface area contributed by atoms with E-state index in [1.165, 1.54) is 19.3 Å². The Balaban J connectivity index is 2.21. The molecule has 0 bridgehead atoms. The third kappa shape index (κ3) is 2.29. The maximum atomic E-state index is 10.7. The molecule has 1 N–H and O–H groups in total. The molecule has 1 saturated carbocycles. The lowest BCUT2D eigenvalue weighted by atomic mass is 9.75. The summed E-state index contributed by atoms with van der Waals surface area (Å²) in [6, 6.07) is 0. The van der Waals surface area contributed by atoms with E-state index in [0.29, 0.717) is 5.92 Å². The molecule has 1 heterocycles. The highest BCUT2D eigenvalue weighted by atomic mass is 79.9. The van der Waals surface area contributed by atoms with Gasteiger partial charge in [0.25, 0.3) is 0 Å². The Bertz CT molecular complexity index is 326. The first-order valence-electron chi connectivity index (χ1n) is 5.57. The molecule has 1 aliphatic rings. The summed E-state index contributed by atoms with van der Waals surface area (Å²) in [5.41, 5.74) is 0.415. The van der Waals surface area contributed by atoms with E-state index in [9.17, 15) is 5.11 Å². The summed E-state index contributed by atoms with van der Waals surface area (Å²) in [6.07, 6.45) is 6.19. The fraction of sp³-hybridized carbons (Fsp3) is 0.667. The Morgan fingerprint density at radius 1 is 1.33 bits per heavy atom. The Morgan fingerprint density at radius 3 is 2.53 bits per heavy atom. The molecule has 1 fully saturated rings. The summed E-state index contributed by atoms with van der Waals surface area (Å²) in [7, 11) is 0. The molecule has 2 rings (SSSR count). The molecule has 0 amide bonds. The molecule has 0 saturated heterocycles. The SMILES string of the molecule is CC(O)(c1cscc1Br)C1CCCCC1. The lowest BCUT2D eigenvalue weighted by Crippen LogP contribution is -2.33. The van der Waals surface area contributed by atoms with Gasteiger partial charge in [0.05, 0.1) is 5.60 Å². The summed E-state index contributed by atoms with van der Waals surface area (Å²) in [6.45, 7) is 1.97. The maximum Gasteiger partial charge on any atom is 0.0915 e. The van der Waals surface area contributed by atoms with Gasteiger partial charge in [0.2, 0.25) is 0 Å². The van der Waals surface area contributed by atoms with Gasteiger partial charge in [-0.05, 0) is 47.0 Å². The number of rotatable bonds is 2. The Labute approximate surface area is 104 Å². The molecule has 0 aromatic carbocycles. The van der Waals surface area contributed by atoms with Crippen molar-refractivity contribution in [2.24, 2.45) is 5.92 Å². The van der Waals surface area contributed by atoms with Crippen molar-refractivity contribution in [2.45, 2.75) is 44.6 Å². The standard InChI is InChI=1S/C12H17BrOS/c1-12(14,9-5-3-2-4-6-9)10-7-15-8-11(10)13/h7-9,14H,2-6H2,1H3. The van der Waals surface area contributed by atoms with Gasteiger partial charge in [-0.3, -0.25) is 0 Å². The molecular formula is C12H17BrOS. The van der Waals surface area contributed by atoms with Crippen LogP contribution in [0.2, 0.25) is 0 Å². The van der Waals surface area contributed by atoms with Gasteiger partial charge < -0.3 is 5.11 Å². The highest BCUT2D eigenvalue weighted by molar-refractivity contribution is 9.10. The molecule has 1 nitrogen and oxygen atoms in total. The van der Waals surface area contributed by atoms with Crippen LogP contribution in [-0.4, -0.2) is 5.11 Å². The van der Waals surface area contributed by atoms with Gasteiger partial charge in [-0.2, -0.15) is 11.3 Å². The molecule has 1 atom stereocenters. The van der Waals surface area contributed by atoms with Crippen LogP contribution < -0.4 is 0 Å². The van der Waals surface area contributed by atoms with Gasteiger partial charge in [0, 0.05) is 15.4 Å². The predicted molar refractivity (Wildman–Crippen MR) is 68.2 cm³/mol. The van der Waals surface area contributed by atoms with E-state index in [2.05, 4.69) is 21.3 Å². The molecule has 84 valence electrons. The normalized spacial score (nSPS) is 22.6. The summed E-state index contributed by atoms with van der Waals surface area (Å²) >= 11 is 5.17. The van der Waals surface area contributed by atoms with Crippen molar-refractivity contribution in [3.63, 3.8) is 0 Å². The minimum absolute atomic E-state index is 0.428. The van der Waals surface area contributed by atoms with Crippen molar-refractivity contribution in [2.75, 3.05) is 0 Å². The Hall–Kier alpha value is 0.140. The van der Waals surface area contributed by atoms with Gasteiger partial charge in [-0.15, -0.1) is 0 Å². The van der Waals surface area contributed by atoms with Gasteiger partial charge in [-0.1, -0.05) is 19.3 Å². The summed E-state index contributed by atoms with van der Waals surface area (Å²) < 4.78 is 1.06. The smallest absolute Gasteiger partial charge is 0.0915 e. The number of aliphatic hydroxyl groups is 1. The van der Waals surface area contributed by atoms with Crippen LogP contribution in [0.15, 0.2) is 15.2 Å². The van der Waals surface area contributed by atoms with E-state index in [4.69, 9.17) is 0 Å². The van der Waals surface area contributed by atoms with Crippen molar-refractivity contribution in [3.8, 4) is 0 Å². The molecule has 0 aliphatic heterocycles. The molecule has 1 aliphatic carbocycles. The third-order valence-corrected chi connectivity index (χ3v) is 5.26. The van der Waals surface area contributed by atoms with Crippen LogP contribution in [0.1, 0.15) is 44.6 Å². The van der Waals surface area contributed by atoms with E-state index in [0.717, 1.165) is 22.9 Å². The van der Waals surface area contributed by atoms with Crippen LogP contribution in [0.5, 0.6) is 0 Å². The molecule has 15 heavy (non-hydrogen) atoms. The number of hydrogen-bond acceptors (Lipinski definition) is 2. The van der Waals surface area contributed by atoms with Crippen LogP contribution in [0, 0.1) is 5.92 Å². The first-order chi connectivity index (χ1) is 7.12. The maximum absolute atomic E-state index is 10.7. The zero-order chi connectivity index (χ0) is 10.9. The quantitative estimate of drug-likeness (QED) is 0.860. The molecule has 1 aromatic rings. The van der Waals surface area contributed by atoms with Gasteiger partial charge in [0.15, 0.2) is 0 Å². The second-order valence-electron chi connectivity index (χ2n) is 4.62. The van der Waals surface area contributed by atoms with Gasteiger partial charge in [0.1, 0.15) is 0 Å². The van der Waals surface area contributed by atoms with Gasteiger partial charge >= 0.3 is 0 Å². The third-order valence-electron chi connectivity index (χ3n) is 3.56. The van der Waals surface area contributed by atoms with E-state index in [1.54, 1.807) is 11.3 Å². The zero-order valence-corrected chi connectivity index (χ0v) is 11.4. The van der Waals surface area contributed by atoms with Crippen LogP contribution in [0.3, 0.4) is 0 Å². The average molecular weight is 289 g/mol. The number of hydrogen-bond donors (Lipinski definition) is 1. The first kappa shape index (κ1) is 11.6. The Morgan fingerprint density at radius 2 is 2.00 bits per heavy atom. The van der Waals surface area contributed by atoms with E-state index in [-0.39, 0.29) is 0 Å². The van der Waals surface area contributed by atoms with Crippen LogP contribution in [-0.2, 0) is 5.60 Å². The van der Waals surface area contributed by atoms with Crippen molar-refractivity contribution >= 4 is 27.3 Å². The van der Waals surface area contributed by atoms with E-state index >= 15 is 0 Å². The highest BCUT2D eigenvalue weighted by Crippen LogP contribution is 2.42. The molecular weight excluding hydrogens is 272 g/mol. The van der Waals surface area contributed by atoms with Crippen molar-refractivity contribution < 1.29 is 5.11 Å². The lowest BCUT2D eigenvalue weighted by Gasteiger charge is -2.35. The van der Waals surface area contributed by atoms with Gasteiger partial charge in [-0.25, -0.2) is 0 Å². The van der Waals surface area contributed by atoms with E-state index in [1.807, 2.05) is 12.3 Å². The van der Waals surface area contributed by atoms with Crippen LogP contribution in [0.25, 0.3) is 0 Å². The highest BCUT2D eigenvalue weighted by Gasteiger charge is 2.36. The molecule has 1 aromatic heterocycles. The Kier molecular flexibility index (Phi) is 3.53. The topological polar surface area (TPSA) is 20.2 Å². The summed E-state index contributed by atoms with van der Waals surface area (Å²) in [5, 5.41) is 14.8. The lowest BCUT2D eigenvalue weighted by molar-refractivity contribution is -0.0217. The second kappa shape index (κ2) is 4.56. The van der Waals surface area contributed by atoms with Crippen LogP contribution in [0.4, 0.5) is 0 Å². The number of halogens is 1. The molecule has 1 unspecified atom stereocenters. The van der Waals surface area contributed by atoms with Crippen molar-refractivity contribution in [3.05, 3.63) is 20.8 Å². The second-order valence-corrected chi connectivity index (χ2v) is 6.21. The summed E-state index contributed by atoms with van der Waals surface area (Å²) in [4.78, 5) is 0. The minimum Gasteiger partial charge on any atom is -0.385 e. The summed E-state index contributed by atoms with van der Waals surface area (Å²) in [5.74, 6) is 0.428. The first-order valence-corrected chi connectivity index (χ1v) is 7.30. The molecule has 0 spiro atoms. The molecule has 3 heteroatoms. The molecule has 0 radical (unpaired) electrons. The average Bonchev–Trinajstić information content (AvgIpc) is 2.66. The van der Waals surface area contributed by atoms with Crippen molar-refractivity contribution in [1.82, 2.24) is 0 Å². The predicted octanol–water partition coefficient (Wildman–Crippen LogP) is 4.30. The monoisotopic (exact) mass is 288 g/mol. The van der Waals surface area contributed by atoms with E-state index < -0.39 is 5.60 Å². The zero-order valence-electron chi connectivity index (χ0n) is 9.00.